The molecule has 1 aromatic carbocycles. The SMILES string of the molecule is C[C@H]1Cc2ccccc2N1C(=O)CSc1nnc(C(F)(F)F)n1N. The fraction of sp³-hybridized carbons (Fsp3) is 0.357. The van der Waals surface area contributed by atoms with Gasteiger partial charge in [0, 0.05) is 11.7 Å². The first-order valence-corrected chi connectivity index (χ1v) is 8.08. The summed E-state index contributed by atoms with van der Waals surface area (Å²) in [6.45, 7) is 1.93. The van der Waals surface area contributed by atoms with Gasteiger partial charge in [-0.3, -0.25) is 4.79 Å². The highest BCUT2D eigenvalue weighted by Gasteiger charge is 2.38. The van der Waals surface area contributed by atoms with Gasteiger partial charge in [0.25, 0.3) is 5.82 Å². The van der Waals surface area contributed by atoms with Crippen LogP contribution in [0.2, 0.25) is 0 Å². The molecule has 10 heteroatoms. The van der Waals surface area contributed by atoms with Gasteiger partial charge < -0.3 is 10.7 Å². The maximum atomic E-state index is 12.6. The fourth-order valence-electron chi connectivity index (χ4n) is 2.71. The zero-order chi connectivity index (χ0) is 17.5. The van der Waals surface area contributed by atoms with E-state index in [2.05, 4.69) is 10.2 Å². The topological polar surface area (TPSA) is 77.0 Å². The highest BCUT2D eigenvalue weighted by Crippen LogP contribution is 2.33. The van der Waals surface area contributed by atoms with Crippen molar-refractivity contribution in [3.05, 3.63) is 35.7 Å². The monoisotopic (exact) mass is 357 g/mol. The van der Waals surface area contributed by atoms with Crippen LogP contribution < -0.4 is 10.7 Å². The van der Waals surface area contributed by atoms with Crippen molar-refractivity contribution in [2.75, 3.05) is 16.5 Å². The molecule has 0 spiro atoms. The van der Waals surface area contributed by atoms with E-state index in [9.17, 15) is 18.0 Å². The van der Waals surface area contributed by atoms with Crippen molar-refractivity contribution in [2.45, 2.75) is 30.7 Å². The third-order valence-electron chi connectivity index (χ3n) is 3.72. The number of anilines is 1. The van der Waals surface area contributed by atoms with Gasteiger partial charge in [-0.25, -0.2) is 4.68 Å². The number of thioether (sulfide) groups is 1. The molecule has 2 heterocycles. The number of fused-ring (bicyclic) bond motifs is 1. The van der Waals surface area contributed by atoms with Crippen molar-refractivity contribution in [3.63, 3.8) is 0 Å². The second-order valence-corrected chi connectivity index (χ2v) is 6.35. The van der Waals surface area contributed by atoms with E-state index in [0.717, 1.165) is 29.4 Å². The van der Waals surface area contributed by atoms with Crippen LogP contribution in [0.15, 0.2) is 29.4 Å². The van der Waals surface area contributed by atoms with Crippen LogP contribution in [-0.2, 0) is 17.4 Å². The number of para-hydroxylation sites is 1. The van der Waals surface area contributed by atoms with Gasteiger partial charge in [0.1, 0.15) is 0 Å². The van der Waals surface area contributed by atoms with Gasteiger partial charge in [-0.05, 0) is 25.0 Å². The van der Waals surface area contributed by atoms with E-state index in [1.54, 1.807) is 4.90 Å². The molecule has 1 atom stereocenters. The normalized spacial score (nSPS) is 17.2. The van der Waals surface area contributed by atoms with Crippen molar-refractivity contribution in [2.24, 2.45) is 0 Å². The molecule has 2 aromatic rings. The number of rotatable bonds is 3. The van der Waals surface area contributed by atoms with Crippen LogP contribution >= 0.6 is 11.8 Å². The number of nitrogen functional groups attached to an aromatic ring is 1. The van der Waals surface area contributed by atoms with Gasteiger partial charge in [0.2, 0.25) is 11.1 Å². The summed E-state index contributed by atoms with van der Waals surface area (Å²) in [6.07, 6.45) is -3.94. The predicted molar refractivity (Wildman–Crippen MR) is 83.0 cm³/mol. The quantitative estimate of drug-likeness (QED) is 0.672. The number of benzene rings is 1. The molecular weight excluding hydrogens is 343 g/mol. The molecule has 0 bridgehead atoms. The standard InChI is InChI=1S/C14H14F3N5OS/c1-8-6-9-4-2-3-5-10(9)21(8)11(23)7-24-13-20-19-12(22(13)18)14(15,16)17/h2-5,8H,6-7,18H2,1H3/t8-/m0/s1. The molecule has 0 saturated heterocycles. The zero-order valence-electron chi connectivity index (χ0n) is 12.6. The van der Waals surface area contributed by atoms with Gasteiger partial charge in [0.05, 0.1) is 5.75 Å². The van der Waals surface area contributed by atoms with E-state index >= 15 is 0 Å². The number of amides is 1. The van der Waals surface area contributed by atoms with Crippen molar-refractivity contribution in [3.8, 4) is 0 Å². The van der Waals surface area contributed by atoms with E-state index in [4.69, 9.17) is 5.84 Å². The Labute approximate surface area is 139 Å². The molecule has 0 unspecified atom stereocenters. The molecule has 6 nitrogen and oxygen atoms in total. The molecule has 1 aromatic heterocycles. The lowest BCUT2D eigenvalue weighted by Gasteiger charge is -2.22. The first-order valence-electron chi connectivity index (χ1n) is 7.09. The number of aromatic nitrogens is 3. The maximum Gasteiger partial charge on any atom is 0.453 e. The van der Waals surface area contributed by atoms with Crippen LogP contribution in [0.3, 0.4) is 0 Å². The summed E-state index contributed by atoms with van der Waals surface area (Å²) < 4.78 is 38.3. The summed E-state index contributed by atoms with van der Waals surface area (Å²) in [6, 6.07) is 7.56. The average Bonchev–Trinajstić information content (AvgIpc) is 3.03. The van der Waals surface area contributed by atoms with E-state index in [0.29, 0.717) is 4.68 Å². The lowest BCUT2D eigenvalue weighted by molar-refractivity contribution is -0.146. The summed E-state index contributed by atoms with van der Waals surface area (Å²) >= 11 is 0.829. The summed E-state index contributed by atoms with van der Waals surface area (Å²) in [7, 11) is 0. The summed E-state index contributed by atoms with van der Waals surface area (Å²) in [5.74, 6) is 3.77. The van der Waals surface area contributed by atoms with Crippen LogP contribution in [0, 0.1) is 0 Å². The molecule has 0 fully saturated rings. The van der Waals surface area contributed by atoms with Crippen LogP contribution in [0.4, 0.5) is 18.9 Å². The molecule has 1 amide bonds. The minimum absolute atomic E-state index is 0.00279. The van der Waals surface area contributed by atoms with Gasteiger partial charge >= 0.3 is 6.18 Å². The summed E-state index contributed by atoms with van der Waals surface area (Å²) in [5, 5.41) is 6.28. The third-order valence-corrected chi connectivity index (χ3v) is 4.65. The van der Waals surface area contributed by atoms with E-state index < -0.39 is 12.0 Å². The first-order chi connectivity index (χ1) is 11.3. The molecule has 1 aliphatic heterocycles. The maximum absolute atomic E-state index is 12.6. The minimum Gasteiger partial charge on any atom is -0.335 e. The van der Waals surface area contributed by atoms with E-state index in [1.807, 2.05) is 31.2 Å². The van der Waals surface area contributed by atoms with Crippen LogP contribution in [0.5, 0.6) is 0 Å². The Morgan fingerprint density at radius 3 is 2.75 bits per heavy atom. The molecule has 24 heavy (non-hydrogen) atoms. The molecule has 128 valence electrons. The Hall–Kier alpha value is -2.23. The second-order valence-electron chi connectivity index (χ2n) is 5.41. The van der Waals surface area contributed by atoms with E-state index in [1.165, 1.54) is 0 Å². The molecule has 0 aliphatic carbocycles. The van der Waals surface area contributed by atoms with Crippen molar-refractivity contribution < 1.29 is 18.0 Å². The van der Waals surface area contributed by atoms with Crippen molar-refractivity contribution in [1.29, 1.82) is 0 Å². The number of hydrogen-bond donors (Lipinski definition) is 1. The molecule has 3 rings (SSSR count). The molecular formula is C14H14F3N5OS. The molecule has 1 aliphatic rings. The second kappa shape index (κ2) is 6.00. The Balaban J connectivity index is 1.72. The molecule has 0 radical (unpaired) electrons. The van der Waals surface area contributed by atoms with Crippen LogP contribution in [0.1, 0.15) is 18.3 Å². The highest BCUT2D eigenvalue weighted by atomic mass is 32.2. The highest BCUT2D eigenvalue weighted by molar-refractivity contribution is 7.99. The van der Waals surface area contributed by atoms with E-state index in [-0.39, 0.29) is 22.9 Å². The number of carbonyl (C=O) groups excluding carboxylic acids is 1. The molecule has 0 saturated carbocycles. The van der Waals surface area contributed by atoms with Crippen molar-refractivity contribution in [1.82, 2.24) is 14.9 Å². The van der Waals surface area contributed by atoms with Crippen LogP contribution in [-0.4, -0.2) is 32.6 Å². The summed E-state index contributed by atoms with van der Waals surface area (Å²) in [4.78, 5) is 14.1. The zero-order valence-corrected chi connectivity index (χ0v) is 13.4. The average molecular weight is 357 g/mol. The minimum atomic E-state index is -4.69. The number of hydrogen-bond acceptors (Lipinski definition) is 5. The largest absolute Gasteiger partial charge is 0.453 e. The van der Waals surface area contributed by atoms with Gasteiger partial charge in [-0.1, -0.05) is 30.0 Å². The lowest BCUT2D eigenvalue weighted by Crippen LogP contribution is -2.37. The Kier molecular flexibility index (Phi) is 4.16. The Bertz CT molecular complexity index is 776. The third kappa shape index (κ3) is 2.93. The number of alkyl halides is 3. The number of nitrogens with two attached hydrogens (primary N) is 1. The van der Waals surface area contributed by atoms with Crippen molar-refractivity contribution >= 4 is 23.4 Å². The van der Waals surface area contributed by atoms with Gasteiger partial charge in [-0.15, -0.1) is 10.2 Å². The van der Waals surface area contributed by atoms with Gasteiger partial charge in [0.15, 0.2) is 0 Å². The number of nitrogens with zero attached hydrogens (tertiary/aromatic N) is 4. The number of halogens is 3. The Morgan fingerprint density at radius 1 is 1.38 bits per heavy atom. The van der Waals surface area contributed by atoms with Gasteiger partial charge in [-0.2, -0.15) is 13.2 Å². The molecule has 2 N–H and O–H groups in total. The first kappa shape index (κ1) is 16.6. The van der Waals surface area contributed by atoms with Crippen LogP contribution in [0.25, 0.3) is 0 Å². The lowest BCUT2D eigenvalue weighted by atomic mass is 10.1. The number of carbonyl (C=O) groups is 1. The fourth-order valence-corrected chi connectivity index (χ4v) is 3.43. The predicted octanol–water partition coefficient (Wildman–Crippen LogP) is 2.08. The summed E-state index contributed by atoms with van der Waals surface area (Å²) in [5.41, 5.74) is 1.91. The Morgan fingerprint density at radius 2 is 2.08 bits per heavy atom. The smallest absolute Gasteiger partial charge is 0.335 e.